The number of hydrogen-bond donors (Lipinski definition) is 2. The zero-order valence-electron chi connectivity index (χ0n) is 8.79. The van der Waals surface area contributed by atoms with Crippen LogP contribution in [-0.2, 0) is 4.79 Å². The van der Waals surface area contributed by atoms with Crippen molar-refractivity contribution >= 4 is 5.91 Å². The average molecular weight is 198 g/mol. The van der Waals surface area contributed by atoms with Gasteiger partial charge in [-0.1, -0.05) is 6.92 Å². The first kappa shape index (κ1) is 12.9. The Morgan fingerprint density at radius 3 is 2.71 bits per heavy atom. The van der Waals surface area contributed by atoms with Gasteiger partial charge in [0.25, 0.3) is 0 Å². The van der Waals surface area contributed by atoms with Gasteiger partial charge >= 0.3 is 0 Å². The molecule has 1 amide bonds. The lowest BCUT2D eigenvalue weighted by Gasteiger charge is -2.14. The van der Waals surface area contributed by atoms with E-state index in [9.17, 15) is 4.79 Å². The third-order valence-electron chi connectivity index (χ3n) is 2.06. The molecule has 0 aliphatic carbocycles. The fourth-order valence-electron chi connectivity index (χ4n) is 1.15. The molecule has 0 aromatic rings. The summed E-state index contributed by atoms with van der Waals surface area (Å²) in [5, 5.41) is 20.0. The van der Waals surface area contributed by atoms with E-state index in [2.05, 4.69) is 5.32 Å². The van der Waals surface area contributed by atoms with E-state index in [1.165, 1.54) is 0 Å². The van der Waals surface area contributed by atoms with Crippen LogP contribution in [0.25, 0.3) is 0 Å². The Kier molecular flexibility index (Phi) is 6.77. The Labute approximate surface area is 84.9 Å². The van der Waals surface area contributed by atoms with Crippen molar-refractivity contribution in [2.45, 2.75) is 39.2 Å². The third-order valence-corrected chi connectivity index (χ3v) is 2.06. The van der Waals surface area contributed by atoms with Crippen LogP contribution in [0.5, 0.6) is 0 Å². The first-order chi connectivity index (χ1) is 6.65. The van der Waals surface area contributed by atoms with Crippen molar-refractivity contribution in [3.05, 3.63) is 0 Å². The molecule has 4 heteroatoms. The summed E-state index contributed by atoms with van der Waals surface area (Å²) in [5.41, 5.74) is 0. The molecule has 0 aliphatic rings. The number of carbonyl (C=O) groups is 1. The van der Waals surface area contributed by atoms with Crippen LogP contribution in [0.15, 0.2) is 0 Å². The summed E-state index contributed by atoms with van der Waals surface area (Å²) in [6.45, 7) is 3.82. The smallest absolute Gasteiger partial charge is 0.237 e. The number of aliphatic hydroxyl groups is 1. The van der Waals surface area contributed by atoms with Gasteiger partial charge in [0.2, 0.25) is 5.91 Å². The van der Waals surface area contributed by atoms with Crippen molar-refractivity contribution in [2.75, 3.05) is 6.61 Å². The van der Waals surface area contributed by atoms with Crippen LogP contribution in [0, 0.1) is 17.2 Å². The Balaban J connectivity index is 3.87. The molecule has 0 bridgehead atoms. The second-order valence-corrected chi connectivity index (χ2v) is 3.37. The van der Waals surface area contributed by atoms with Crippen LogP contribution in [-0.4, -0.2) is 23.7 Å². The minimum absolute atomic E-state index is 0.0250. The number of aliphatic hydroxyl groups excluding tert-OH is 1. The van der Waals surface area contributed by atoms with E-state index in [1.54, 1.807) is 0 Å². The van der Waals surface area contributed by atoms with Crippen LogP contribution in [0.1, 0.15) is 33.1 Å². The molecule has 0 spiro atoms. The summed E-state index contributed by atoms with van der Waals surface area (Å²) >= 11 is 0. The van der Waals surface area contributed by atoms with Crippen molar-refractivity contribution in [3.63, 3.8) is 0 Å². The van der Waals surface area contributed by atoms with Crippen molar-refractivity contribution in [3.8, 4) is 6.07 Å². The molecule has 14 heavy (non-hydrogen) atoms. The molecule has 0 aromatic heterocycles. The minimum atomic E-state index is -0.549. The van der Waals surface area contributed by atoms with Gasteiger partial charge in [-0.05, 0) is 26.2 Å². The van der Waals surface area contributed by atoms with Crippen molar-refractivity contribution in [2.24, 2.45) is 5.92 Å². The van der Waals surface area contributed by atoms with Crippen LogP contribution >= 0.6 is 0 Å². The van der Waals surface area contributed by atoms with Crippen LogP contribution < -0.4 is 5.32 Å². The maximum Gasteiger partial charge on any atom is 0.237 e. The third kappa shape index (κ3) is 4.83. The molecule has 2 N–H and O–H groups in total. The topological polar surface area (TPSA) is 73.1 Å². The van der Waals surface area contributed by atoms with Crippen molar-refractivity contribution < 1.29 is 9.90 Å². The molecule has 0 heterocycles. The number of nitriles is 1. The maximum atomic E-state index is 11.4. The maximum absolute atomic E-state index is 11.4. The van der Waals surface area contributed by atoms with Gasteiger partial charge in [-0.2, -0.15) is 5.26 Å². The molecular weight excluding hydrogens is 180 g/mol. The van der Waals surface area contributed by atoms with E-state index in [4.69, 9.17) is 10.4 Å². The molecule has 0 rings (SSSR count). The second-order valence-electron chi connectivity index (χ2n) is 3.37. The summed E-state index contributed by atoms with van der Waals surface area (Å²) in [5.74, 6) is -0.757. The highest BCUT2D eigenvalue weighted by Gasteiger charge is 2.16. The number of nitrogens with one attached hydrogen (secondary N) is 1. The SMILES string of the molecule is CCC(C#N)C(=O)NC(C)CCCO. The van der Waals surface area contributed by atoms with Crippen LogP contribution in [0.2, 0.25) is 0 Å². The monoisotopic (exact) mass is 198 g/mol. The van der Waals surface area contributed by atoms with Gasteiger partial charge in [0.05, 0.1) is 6.07 Å². The van der Waals surface area contributed by atoms with Gasteiger partial charge in [0, 0.05) is 12.6 Å². The lowest BCUT2D eigenvalue weighted by molar-refractivity contribution is -0.124. The number of rotatable bonds is 6. The van der Waals surface area contributed by atoms with E-state index < -0.39 is 5.92 Å². The number of hydrogen-bond acceptors (Lipinski definition) is 3. The largest absolute Gasteiger partial charge is 0.396 e. The standard InChI is InChI=1S/C10H18N2O2/c1-3-9(7-11)10(14)12-8(2)5-4-6-13/h8-9,13H,3-6H2,1-2H3,(H,12,14). The van der Waals surface area contributed by atoms with E-state index in [1.807, 2.05) is 19.9 Å². The molecule has 0 aromatic carbocycles. The molecule has 0 fully saturated rings. The highest BCUT2D eigenvalue weighted by Crippen LogP contribution is 2.02. The fraction of sp³-hybridized carbons (Fsp3) is 0.800. The summed E-state index contributed by atoms with van der Waals surface area (Å²) in [6.07, 6.45) is 1.95. The minimum Gasteiger partial charge on any atom is -0.396 e. The Hall–Kier alpha value is -1.08. The molecule has 80 valence electrons. The Morgan fingerprint density at radius 1 is 1.64 bits per heavy atom. The first-order valence-corrected chi connectivity index (χ1v) is 4.96. The zero-order valence-corrected chi connectivity index (χ0v) is 8.79. The van der Waals surface area contributed by atoms with Crippen LogP contribution in [0.3, 0.4) is 0 Å². The molecule has 0 saturated carbocycles. The molecule has 0 radical (unpaired) electrons. The van der Waals surface area contributed by atoms with Gasteiger partial charge in [0.1, 0.15) is 5.92 Å². The molecule has 0 saturated heterocycles. The van der Waals surface area contributed by atoms with Gasteiger partial charge in [-0.3, -0.25) is 4.79 Å². The number of carbonyl (C=O) groups excluding carboxylic acids is 1. The molecular formula is C10H18N2O2. The molecule has 2 unspecified atom stereocenters. The van der Waals surface area contributed by atoms with Crippen LogP contribution in [0.4, 0.5) is 0 Å². The quantitative estimate of drug-likeness (QED) is 0.663. The lowest BCUT2D eigenvalue weighted by Crippen LogP contribution is -2.36. The van der Waals surface area contributed by atoms with Gasteiger partial charge in [-0.15, -0.1) is 0 Å². The summed E-state index contributed by atoms with van der Waals surface area (Å²) in [7, 11) is 0. The van der Waals surface area contributed by atoms with Gasteiger partial charge in [-0.25, -0.2) is 0 Å². The van der Waals surface area contributed by atoms with Crippen molar-refractivity contribution in [1.82, 2.24) is 5.32 Å². The van der Waals surface area contributed by atoms with E-state index >= 15 is 0 Å². The first-order valence-electron chi connectivity index (χ1n) is 4.96. The Morgan fingerprint density at radius 2 is 2.29 bits per heavy atom. The highest BCUT2D eigenvalue weighted by atomic mass is 16.2. The lowest BCUT2D eigenvalue weighted by atomic mass is 10.1. The van der Waals surface area contributed by atoms with Gasteiger partial charge < -0.3 is 10.4 Å². The molecule has 2 atom stereocenters. The van der Waals surface area contributed by atoms with E-state index in [0.29, 0.717) is 12.8 Å². The predicted molar refractivity (Wildman–Crippen MR) is 53.3 cm³/mol. The number of nitrogens with zero attached hydrogens (tertiary/aromatic N) is 1. The summed E-state index contributed by atoms with van der Waals surface area (Å²) in [6, 6.07) is 1.98. The Bertz CT molecular complexity index is 211. The number of amides is 1. The predicted octanol–water partition coefficient (Wildman–Crippen LogP) is 0.813. The molecule has 4 nitrogen and oxygen atoms in total. The van der Waals surface area contributed by atoms with Crippen molar-refractivity contribution in [1.29, 1.82) is 5.26 Å². The molecule has 0 aliphatic heterocycles. The average Bonchev–Trinajstić information content (AvgIpc) is 2.16. The van der Waals surface area contributed by atoms with E-state index in [-0.39, 0.29) is 18.6 Å². The summed E-state index contributed by atoms with van der Waals surface area (Å²) < 4.78 is 0. The normalized spacial score (nSPS) is 14.1. The zero-order chi connectivity index (χ0) is 11.0. The van der Waals surface area contributed by atoms with Gasteiger partial charge in [0.15, 0.2) is 0 Å². The summed E-state index contributed by atoms with van der Waals surface area (Å²) in [4.78, 5) is 11.4. The van der Waals surface area contributed by atoms with E-state index in [0.717, 1.165) is 6.42 Å². The fourth-order valence-corrected chi connectivity index (χ4v) is 1.15. The highest BCUT2D eigenvalue weighted by molar-refractivity contribution is 5.81. The second kappa shape index (κ2) is 7.34.